The zero-order valence-corrected chi connectivity index (χ0v) is 28.1. The van der Waals surface area contributed by atoms with Gasteiger partial charge in [0.15, 0.2) is 0 Å². The smallest absolute Gasteiger partial charge is 0.269 e. The predicted octanol–water partition coefficient (Wildman–Crippen LogP) is 6.34. The van der Waals surface area contributed by atoms with Crippen LogP contribution in [0.15, 0.2) is 82.3 Å². The molecule has 0 unspecified atom stereocenters. The lowest BCUT2D eigenvalue weighted by atomic mass is 9.91. The molecule has 2 fully saturated rings. The highest BCUT2D eigenvalue weighted by molar-refractivity contribution is 9.10. The van der Waals surface area contributed by atoms with Crippen molar-refractivity contribution in [3.8, 4) is 0 Å². The minimum absolute atomic E-state index is 0.0459. The number of hydrogen-bond acceptors (Lipinski definition) is 7. The second-order valence-corrected chi connectivity index (χ2v) is 14.2. The number of nitro benzene ring substituents is 1. The zero-order chi connectivity index (χ0) is 32.3. The average molecular weight is 727 g/mol. The third-order valence-corrected chi connectivity index (χ3v) is 10.7. The van der Waals surface area contributed by atoms with Crippen molar-refractivity contribution < 1.29 is 19.2 Å². The molecule has 13 heteroatoms. The first-order chi connectivity index (χ1) is 22.2. The first kappa shape index (κ1) is 32.5. The van der Waals surface area contributed by atoms with Gasteiger partial charge >= 0.3 is 0 Å². The van der Waals surface area contributed by atoms with Gasteiger partial charge in [-0.05, 0) is 54.9 Å². The summed E-state index contributed by atoms with van der Waals surface area (Å²) in [5.74, 6) is -0.410. The Labute approximate surface area is 284 Å². The van der Waals surface area contributed by atoms with Gasteiger partial charge in [0.2, 0.25) is 11.8 Å². The normalized spacial score (nSPS) is 20.3. The van der Waals surface area contributed by atoms with Crippen molar-refractivity contribution in [2.75, 3.05) is 39.4 Å². The maximum atomic E-state index is 14.6. The molecule has 2 aliphatic rings. The van der Waals surface area contributed by atoms with Crippen molar-refractivity contribution in [3.05, 3.63) is 104 Å². The number of nitrogens with one attached hydrogen (secondary N) is 2. The number of hydrogen-bond donors (Lipinski definition) is 2. The van der Waals surface area contributed by atoms with Gasteiger partial charge in [-0.3, -0.25) is 24.6 Å². The monoisotopic (exact) mass is 725 g/mol. The Kier molecular flexibility index (Phi) is 10.00. The molecule has 4 aromatic rings. The van der Waals surface area contributed by atoms with E-state index in [2.05, 4.69) is 31.1 Å². The molecule has 2 N–H and O–H groups in total. The second kappa shape index (κ2) is 14.1. The van der Waals surface area contributed by atoms with Gasteiger partial charge in [0.25, 0.3) is 5.69 Å². The van der Waals surface area contributed by atoms with Crippen LogP contribution in [-0.2, 0) is 20.9 Å². The molecule has 2 aliphatic heterocycles. The summed E-state index contributed by atoms with van der Waals surface area (Å²) >= 11 is 11.1. The molecule has 0 bridgehead atoms. The molecule has 3 heterocycles. The SMILES string of the molecule is O=C1C[C@@](Sc2ccc([N+](=O)[O-])cc2)(C(=O)NCCCN2CCOCC2)[C@@H](c2c[nH]c3cc(Cl)ccc23)N1Cc1ccc(Br)cc1. The van der Waals surface area contributed by atoms with Crippen molar-refractivity contribution >= 4 is 67.7 Å². The highest BCUT2D eigenvalue weighted by Crippen LogP contribution is 2.54. The van der Waals surface area contributed by atoms with Crippen LogP contribution in [0, 0.1) is 10.1 Å². The molecule has 2 saturated heterocycles. The van der Waals surface area contributed by atoms with Crippen LogP contribution in [0.1, 0.15) is 30.0 Å². The molecule has 1 aromatic heterocycles. The van der Waals surface area contributed by atoms with E-state index >= 15 is 0 Å². The van der Waals surface area contributed by atoms with Crippen LogP contribution in [-0.4, -0.2) is 75.7 Å². The molecule has 240 valence electrons. The first-order valence-electron chi connectivity index (χ1n) is 15.1. The lowest BCUT2D eigenvalue weighted by Gasteiger charge is -2.36. The van der Waals surface area contributed by atoms with E-state index in [1.807, 2.05) is 42.6 Å². The number of non-ortho nitro benzene ring substituents is 1. The number of benzene rings is 3. The fourth-order valence-electron chi connectivity index (χ4n) is 6.22. The molecule has 0 saturated carbocycles. The fourth-order valence-corrected chi connectivity index (χ4v) is 8.07. The van der Waals surface area contributed by atoms with Gasteiger partial charge in [0, 0.05) is 75.4 Å². The molecule has 10 nitrogen and oxygen atoms in total. The molecule has 0 aliphatic carbocycles. The molecular weight excluding hydrogens is 694 g/mol. The Morgan fingerprint density at radius 2 is 1.87 bits per heavy atom. The Morgan fingerprint density at radius 1 is 1.13 bits per heavy atom. The number of fused-ring (bicyclic) bond motifs is 1. The Morgan fingerprint density at radius 3 is 2.59 bits per heavy atom. The predicted molar refractivity (Wildman–Crippen MR) is 182 cm³/mol. The van der Waals surface area contributed by atoms with Crippen LogP contribution in [0.4, 0.5) is 5.69 Å². The summed E-state index contributed by atoms with van der Waals surface area (Å²) in [7, 11) is 0. The van der Waals surface area contributed by atoms with Crippen LogP contribution in [0.5, 0.6) is 0 Å². The van der Waals surface area contributed by atoms with E-state index < -0.39 is 15.7 Å². The summed E-state index contributed by atoms with van der Waals surface area (Å²) in [5.41, 5.74) is 2.47. The van der Waals surface area contributed by atoms with E-state index in [1.54, 1.807) is 23.1 Å². The summed E-state index contributed by atoms with van der Waals surface area (Å²) in [6.07, 6.45) is 2.55. The van der Waals surface area contributed by atoms with Crippen molar-refractivity contribution in [1.29, 1.82) is 0 Å². The number of nitrogens with zero attached hydrogens (tertiary/aromatic N) is 3. The maximum absolute atomic E-state index is 14.6. The molecule has 0 radical (unpaired) electrons. The van der Waals surface area contributed by atoms with Crippen molar-refractivity contribution in [2.45, 2.75) is 35.1 Å². The van der Waals surface area contributed by atoms with Gasteiger partial charge in [0.1, 0.15) is 4.75 Å². The summed E-state index contributed by atoms with van der Waals surface area (Å²) in [6, 6.07) is 18.8. The quantitative estimate of drug-likeness (QED) is 0.105. The second-order valence-electron chi connectivity index (χ2n) is 11.5. The maximum Gasteiger partial charge on any atom is 0.269 e. The van der Waals surface area contributed by atoms with Crippen LogP contribution in [0.2, 0.25) is 5.02 Å². The van der Waals surface area contributed by atoms with Crippen molar-refractivity contribution in [1.82, 2.24) is 20.1 Å². The van der Waals surface area contributed by atoms with Gasteiger partial charge < -0.3 is 19.9 Å². The number of nitro groups is 1. The van der Waals surface area contributed by atoms with E-state index in [-0.39, 0.29) is 23.9 Å². The number of aromatic amines is 1. The highest BCUT2D eigenvalue weighted by atomic mass is 79.9. The standard InChI is InChI=1S/C33H33BrClN5O5S/c34-23-4-2-22(3-5-23)21-39-30(41)19-33(46-26-9-7-25(8-10-26)40(43)44,32(42)36-12-1-13-38-14-16-45-17-15-38)31(39)28-20-37-29-18-24(35)6-11-27(28)29/h2-11,18,20,31,37H,1,12-17,19,21H2,(H,36,42)/t31-,33+/m1/s1. The van der Waals surface area contributed by atoms with E-state index in [0.717, 1.165) is 52.6 Å². The van der Waals surface area contributed by atoms with Gasteiger partial charge in [-0.2, -0.15) is 0 Å². The molecule has 0 spiro atoms. The zero-order valence-electron chi connectivity index (χ0n) is 24.9. The first-order valence-corrected chi connectivity index (χ1v) is 17.0. The summed E-state index contributed by atoms with van der Waals surface area (Å²) in [6.45, 7) is 4.69. The van der Waals surface area contributed by atoms with Gasteiger partial charge in [0.05, 0.1) is 30.6 Å². The number of morpholine rings is 1. The lowest BCUT2D eigenvalue weighted by molar-refractivity contribution is -0.384. The lowest BCUT2D eigenvalue weighted by Crippen LogP contribution is -2.48. The summed E-state index contributed by atoms with van der Waals surface area (Å²) in [4.78, 5) is 47.7. The molecule has 2 atom stereocenters. The summed E-state index contributed by atoms with van der Waals surface area (Å²) in [5, 5.41) is 16.0. The molecule has 3 aromatic carbocycles. The molecule has 2 amide bonds. The highest BCUT2D eigenvalue weighted by Gasteiger charge is 2.58. The number of carbonyl (C=O) groups is 2. The largest absolute Gasteiger partial charge is 0.379 e. The topological polar surface area (TPSA) is 121 Å². The van der Waals surface area contributed by atoms with Crippen LogP contribution < -0.4 is 5.32 Å². The van der Waals surface area contributed by atoms with E-state index in [0.29, 0.717) is 36.2 Å². The fraction of sp³-hybridized carbons (Fsp3) is 0.333. The number of likely N-dealkylation sites (tertiary alicyclic amines) is 1. The summed E-state index contributed by atoms with van der Waals surface area (Å²) < 4.78 is 5.10. The van der Waals surface area contributed by atoms with Crippen LogP contribution in [0.3, 0.4) is 0 Å². The average Bonchev–Trinajstić information content (AvgIpc) is 3.58. The Hall–Kier alpha value is -3.42. The van der Waals surface area contributed by atoms with E-state index in [4.69, 9.17) is 16.3 Å². The molecule has 6 rings (SSSR count). The van der Waals surface area contributed by atoms with E-state index in [1.165, 1.54) is 23.9 Å². The number of halogens is 2. The Balaban J connectivity index is 1.39. The van der Waals surface area contributed by atoms with E-state index in [9.17, 15) is 19.7 Å². The number of thioether (sulfide) groups is 1. The number of H-pyrrole nitrogens is 1. The van der Waals surface area contributed by atoms with Crippen LogP contribution >= 0.6 is 39.3 Å². The van der Waals surface area contributed by atoms with Gasteiger partial charge in [-0.1, -0.05) is 45.7 Å². The number of ether oxygens (including phenoxy) is 1. The molecule has 46 heavy (non-hydrogen) atoms. The molecular formula is C33H33BrClN5O5S. The third-order valence-electron chi connectivity index (χ3n) is 8.50. The van der Waals surface area contributed by atoms with Crippen LogP contribution in [0.25, 0.3) is 10.9 Å². The number of aromatic nitrogens is 1. The number of amides is 2. The van der Waals surface area contributed by atoms with Gasteiger partial charge in [-0.15, -0.1) is 11.8 Å². The number of carbonyl (C=O) groups excluding carboxylic acids is 2. The van der Waals surface area contributed by atoms with Gasteiger partial charge in [-0.25, -0.2) is 0 Å². The minimum Gasteiger partial charge on any atom is -0.379 e. The minimum atomic E-state index is -1.28. The van der Waals surface area contributed by atoms with Crippen molar-refractivity contribution in [2.24, 2.45) is 0 Å². The third kappa shape index (κ3) is 6.96. The Bertz CT molecular complexity index is 1730. The number of rotatable bonds is 11. The van der Waals surface area contributed by atoms with Crippen molar-refractivity contribution in [3.63, 3.8) is 0 Å².